The van der Waals surface area contributed by atoms with Crippen LogP contribution in [0, 0.1) is 0 Å². The minimum atomic E-state index is -0.245. The summed E-state index contributed by atoms with van der Waals surface area (Å²) in [6, 6.07) is 18.5. The molecule has 0 saturated heterocycles. The van der Waals surface area contributed by atoms with Crippen molar-refractivity contribution in [3.05, 3.63) is 82.5 Å². The van der Waals surface area contributed by atoms with Crippen LogP contribution in [0.1, 0.15) is 29.8 Å². The van der Waals surface area contributed by atoms with E-state index in [1.54, 1.807) is 12.3 Å². The third-order valence-electron chi connectivity index (χ3n) is 4.13. The summed E-state index contributed by atoms with van der Waals surface area (Å²) in [5.41, 5.74) is 2.22. The molecule has 0 saturated carbocycles. The lowest BCUT2D eigenvalue weighted by Crippen LogP contribution is -2.34. The van der Waals surface area contributed by atoms with Crippen molar-refractivity contribution in [2.45, 2.75) is 36.4 Å². The molecule has 8 heteroatoms. The number of rotatable bonds is 7. The van der Waals surface area contributed by atoms with Crippen LogP contribution in [0.4, 0.5) is 10.5 Å². The lowest BCUT2D eigenvalue weighted by Gasteiger charge is -2.11. The minimum absolute atomic E-state index is 0.0649. The normalized spacial score (nSPS) is 10.6. The summed E-state index contributed by atoms with van der Waals surface area (Å²) in [5.74, 6) is -0.154. The Balaban J connectivity index is 1.59. The Hall–Kier alpha value is -2.84. The topological polar surface area (TPSA) is 83.1 Å². The van der Waals surface area contributed by atoms with E-state index >= 15 is 0 Å². The van der Waals surface area contributed by atoms with E-state index < -0.39 is 0 Å². The predicted molar refractivity (Wildman–Crippen MR) is 127 cm³/mol. The van der Waals surface area contributed by atoms with E-state index in [1.165, 1.54) is 11.8 Å². The number of nitrogens with one attached hydrogen (secondary N) is 3. The molecule has 0 aliphatic rings. The van der Waals surface area contributed by atoms with Crippen LogP contribution in [0.5, 0.6) is 0 Å². The van der Waals surface area contributed by atoms with Crippen LogP contribution >= 0.6 is 27.7 Å². The summed E-state index contributed by atoms with van der Waals surface area (Å²) < 4.78 is 0.907. The fraction of sp³-hybridized carbons (Fsp3) is 0.174. The van der Waals surface area contributed by atoms with E-state index in [0.29, 0.717) is 17.8 Å². The Morgan fingerprint density at radius 3 is 2.45 bits per heavy atom. The lowest BCUT2D eigenvalue weighted by molar-refractivity contribution is 0.0948. The first-order valence-electron chi connectivity index (χ1n) is 9.74. The quantitative estimate of drug-likeness (QED) is 0.404. The van der Waals surface area contributed by atoms with Gasteiger partial charge < -0.3 is 16.0 Å². The average molecular weight is 499 g/mol. The number of carbonyl (C=O) groups is 2. The molecule has 0 spiro atoms. The molecule has 0 atom stereocenters. The molecule has 3 aromatic rings. The molecule has 3 amide bonds. The van der Waals surface area contributed by atoms with Gasteiger partial charge in [-0.15, -0.1) is 0 Å². The van der Waals surface area contributed by atoms with Gasteiger partial charge in [0, 0.05) is 33.8 Å². The molecular formula is C23H23BrN4O2S. The number of nitrogens with zero attached hydrogens (tertiary/aromatic N) is 1. The van der Waals surface area contributed by atoms with Gasteiger partial charge in [-0.25, -0.2) is 9.78 Å². The van der Waals surface area contributed by atoms with E-state index in [9.17, 15) is 9.59 Å². The molecule has 1 aromatic heterocycles. The second-order valence-corrected chi connectivity index (χ2v) is 9.02. The van der Waals surface area contributed by atoms with Crippen molar-refractivity contribution in [3.63, 3.8) is 0 Å². The molecule has 0 fully saturated rings. The number of benzene rings is 2. The first kappa shape index (κ1) is 22.8. The number of amides is 3. The molecule has 1 heterocycles. The van der Waals surface area contributed by atoms with Crippen molar-refractivity contribution in [1.29, 1.82) is 0 Å². The number of halogens is 1. The van der Waals surface area contributed by atoms with Crippen LogP contribution < -0.4 is 16.0 Å². The van der Waals surface area contributed by atoms with Crippen molar-refractivity contribution in [2.75, 3.05) is 5.32 Å². The van der Waals surface area contributed by atoms with Gasteiger partial charge in [0.1, 0.15) is 5.03 Å². The van der Waals surface area contributed by atoms with Crippen LogP contribution in [0.25, 0.3) is 0 Å². The molecule has 0 aliphatic carbocycles. The van der Waals surface area contributed by atoms with Crippen LogP contribution in [0.15, 0.2) is 81.3 Å². The summed E-state index contributed by atoms with van der Waals surface area (Å²) in [4.78, 5) is 29.8. The van der Waals surface area contributed by atoms with Gasteiger partial charge in [0.25, 0.3) is 5.91 Å². The van der Waals surface area contributed by atoms with Gasteiger partial charge in [-0.2, -0.15) is 0 Å². The van der Waals surface area contributed by atoms with Crippen LogP contribution in [-0.4, -0.2) is 23.0 Å². The highest BCUT2D eigenvalue weighted by Gasteiger charge is 2.12. The summed E-state index contributed by atoms with van der Waals surface area (Å²) in [6.07, 6.45) is 1.73. The number of urea groups is 1. The Morgan fingerprint density at radius 1 is 1.03 bits per heavy atom. The third kappa shape index (κ3) is 7.11. The fourth-order valence-corrected chi connectivity index (χ4v) is 3.81. The molecule has 3 N–H and O–H groups in total. The van der Waals surface area contributed by atoms with Crippen molar-refractivity contribution in [2.24, 2.45) is 0 Å². The SMILES string of the molecule is CC(C)NC(=O)Nc1ccc(CNC(=O)c2ccccc2Sc2ccc(Br)cn2)cc1. The molecule has 2 aromatic carbocycles. The third-order valence-corrected chi connectivity index (χ3v) is 5.63. The molecule has 0 unspecified atom stereocenters. The van der Waals surface area contributed by atoms with Crippen LogP contribution in [-0.2, 0) is 6.54 Å². The minimum Gasteiger partial charge on any atom is -0.348 e. The molecule has 0 bridgehead atoms. The maximum Gasteiger partial charge on any atom is 0.319 e. The van der Waals surface area contributed by atoms with Gasteiger partial charge in [-0.1, -0.05) is 36.0 Å². The fourth-order valence-electron chi connectivity index (χ4n) is 2.69. The summed E-state index contributed by atoms with van der Waals surface area (Å²) in [6.45, 7) is 4.18. The van der Waals surface area contributed by atoms with E-state index in [-0.39, 0.29) is 18.0 Å². The monoisotopic (exact) mass is 498 g/mol. The van der Waals surface area contributed by atoms with E-state index in [2.05, 4.69) is 36.9 Å². The Bertz CT molecular complexity index is 1040. The second-order valence-electron chi connectivity index (χ2n) is 7.05. The maximum atomic E-state index is 12.8. The molecule has 31 heavy (non-hydrogen) atoms. The number of aromatic nitrogens is 1. The molecule has 160 valence electrons. The molecular weight excluding hydrogens is 476 g/mol. The molecule has 0 radical (unpaired) electrons. The first-order valence-corrected chi connectivity index (χ1v) is 11.3. The van der Waals surface area contributed by atoms with Gasteiger partial charge in [-0.05, 0) is 71.7 Å². The smallest absolute Gasteiger partial charge is 0.319 e. The molecule has 6 nitrogen and oxygen atoms in total. The number of pyridine rings is 1. The predicted octanol–water partition coefficient (Wildman–Crippen LogP) is 5.46. The van der Waals surface area contributed by atoms with Gasteiger partial charge >= 0.3 is 6.03 Å². The highest BCUT2D eigenvalue weighted by molar-refractivity contribution is 9.10. The number of hydrogen-bond acceptors (Lipinski definition) is 4. The maximum absolute atomic E-state index is 12.8. The summed E-state index contributed by atoms with van der Waals surface area (Å²) in [5, 5.41) is 9.32. The Morgan fingerprint density at radius 2 is 1.77 bits per heavy atom. The summed E-state index contributed by atoms with van der Waals surface area (Å²) >= 11 is 4.82. The van der Waals surface area contributed by atoms with E-state index in [4.69, 9.17) is 0 Å². The largest absolute Gasteiger partial charge is 0.348 e. The van der Waals surface area contributed by atoms with Crippen molar-refractivity contribution >= 4 is 45.3 Å². The van der Waals surface area contributed by atoms with E-state index in [0.717, 1.165) is 20.0 Å². The number of hydrogen-bond donors (Lipinski definition) is 3. The zero-order chi connectivity index (χ0) is 22.2. The zero-order valence-electron chi connectivity index (χ0n) is 17.2. The standard InChI is InChI=1S/C23H23BrN4O2S/c1-15(2)27-23(30)28-18-10-7-16(8-11-18)13-26-22(29)19-5-3-4-6-20(19)31-21-12-9-17(24)14-25-21/h3-12,14-15H,13H2,1-2H3,(H,26,29)(H2,27,28,30). The van der Waals surface area contributed by atoms with Gasteiger partial charge in [-0.3, -0.25) is 4.79 Å². The zero-order valence-corrected chi connectivity index (χ0v) is 19.6. The van der Waals surface area contributed by atoms with Gasteiger partial charge in [0.2, 0.25) is 0 Å². The Labute approximate surface area is 194 Å². The number of anilines is 1. The van der Waals surface area contributed by atoms with Gasteiger partial charge in [0.15, 0.2) is 0 Å². The first-order chi connectivity index (χ1) is 14.9. The van der Waals surface area contributed by atoms with Crippen molar-refractivity contribution in [3.8, 4) is 0 Å². The second kappa shape index (κ2) is 11.0. The van der Waals surface area contributed by atoms with Crippen LogP contribution in [0.3, 0.4) is 0 Å². The molecule has 0 aliphatic heterocycles. The van der Waals surface area contributed by atoms with Crippen LogP contribution in [0.2, 0.25) is 0 Å². The average Bonchev–Trinajstić information content (AvgIpc) is 2.74. The Kier molecular flexibility index (Phi) is 8.08. The molecule has 3 rings (SSSR count). The van der Waals surface area contributed by atoms with Crippen molar-refractivity contribution in [1.82, 2.24) is 15.6 Å². The highest BCUT2D eigenvalue weighted by atomic mass is 79.9. The van der Waals surface area contributed by atoms with E-state index in [1.807, 2.05) is 68.4 Å². The summed E-state index contributed by atoms with van der Waals surface area (Å²) in [7, 11) is 0. The number of carbonyl (C=O) groups excluding carboxylic acids is 2. The lowest BCUT2D eigenvalue weighted by atomic mass is 10.2. The van der Waals surface area contributed by atoms with Gasteiger partial charge in [0.05, 0.1) is 5.56 Å². The highest BCUT2D eigenvalue weighted by Crippen LogP contribution is 2.29. The van der Waals surface area contributed by atoms with Crippen molar-refractivity contribution < 1.29 is 9.59 Å².